The molecule has 0 aliphatic rings. The molecule has 0 bridgehead atoms. The third kappa shape index (κ3) is 3.91. The molecule has 0 radical (unpaired) electrons. The summed E-state index contributed by atoms with van der Waals surface area (Å²) < 4.78 is 4.52. The van der Waals surface area contributed by atoms with Crippen LogP contribution in [0.5, 0.6) is 0 Å². The first kappa shape index (κ1) is 23.3. The molecule has 1 nitrogen and oxygen atoms in total. The molecular weight excluding hydrogens is 491 g/mol. The van der Waals surface area contributed by atoms with Crippen molar-refractivity contribution < 1.29 is 0 Å². The van der Waals surface area contributed by atoms with Crippen molar-refractivity contribution in [1.29, 1.82) is 0 Å². The molecule has 2 heterocycles. The number of aromatic nitrogens is 1. The van der Waals surface area contributed by atoms with Crippen LogP contribution in [0, 0.1) is 0 Å². The Kier molecular flexibility index (Phi) is 6.16. The van der Waals surface area contributed by atoms with E-state index in [1.807, 2.05) is 17.5 Å². The van der Waals surface area contributed by atoms with Crippen LogP contribution >= 0.6 is 11.3 Å². The molecule has 5 aromatic rings. The number of hydrogen-bond acceptors (Lipinski definition) is 2. The zero-order chi connectivity index (χ0) is 24.0. The molecule has 0 unspecified atom stereocenters. The van der Waals surface area contributed by atoms with E-state index < -0.39 is 13.3 Å². The van der Waals surface area contributed by atoms with Gasteiger partial charge in [0, 0.05) is 0 Å². The van der Waals surface area contributed by atoms with Gasteiger partial charge in [0.1, 0.15) is 0 Å². The fourth-order valence-electron chi connectivity index (χ4n) is 5.23. The third-order valence-electron chi connectivity index (χ3n) is 7.07. The predicted molar refractivity (Wildman–Crippen MR) is 154 cm³/mol. The van der Waals surface area contributed by atoms with Gasteiger partial charge < -0.3 is 0 Å². The fourth-order valence-corrected chi connectivity index (χ4v) is 14.6. The second kappa shape index (κ2) is 8.98. The molecule has 0 spiro atoms. The number of thiophene rings is 1. The molecule has 0 fully saturated rings. The van der Waals surface area contributed by atoms with E-state index in [-0.39, 0.29) is 0 Å². The Hall–Kier alpha value is -2.43. The molecule has 3 heteroatoms. The van der Waals surface area contributed by atoms with Crippen molar-refractivity contribution >= 4 is 53.6 Å². The van der Waals surface area contributed by atoms with Crippen molar-refractivity contribution in [1.82, 2.24) is 4.98 Å². The van der Waals surface area contributed by atoms with Gasteiger partial charge in [0.2, 0.25) is 0 Å². The average molecular weight is 524 g/mol. The van der Waals surface area contributed by atoms with Gasteiger partial charge in [-0.25, -0.2) is 0 Å². The van der Waals surface area contributed by atoms with E-state index in [0.717, 1.165) is 5.69 Å². The van der Waals surface area contributed by atoms with E-state index in [1.165, 1.54) is 32.0 Å². The van der Waals surface area contributed by atoms with Gasteiger partial charge in [-0.1, -0.05) is 0 Å². The first-order valence-electron chi connectivity index (χ1n) is 12.3. The molecule has 0 N–H and O–H groups in total. The van der Waals surface area contributed by atoms with Crippen LogP contribution in [0.2, 0.25) is 11.5 Å². The number of nitrogens with zero attached hydrogens (tertiary/aromatic N) is 1. The molecule has 0 saturated carbocycles. The molecule has 2 aromatic heterocycles. The minimum absolute atomic E-state index is 0.459. The molecule has 0 saturated heterocycles. The molecule has 172 valence electrons. The number of benzene rings is 3. The Morgan fingerprint density at radius 1 is 0.765 bits per heavy atom. The van der Waals surface area contributed by atoms with Crippen molar-refractivity contribution in [3.63, 3.8) is 0 Å². The number of pyridine rings is 1. The molecule has 34 heavy (non-hydrogen) atoms. The van der Waals surface area contributed by atoms with Crippen LogP contribution < -0.4 is 8.11 Å². The van der Waals surface area contributed by atoms with Crippen LogP contribution in [0.3, 0.4) is 0 Å². The van der Waals surface area contributed by atoms with E-state index >= 15 is 0 Å². The number of fused-ring (bicyclic) bond motifs is 2. The maximum atomic E-state index is 4.98. The van der Waals surface area contributed by atoms with Gasteiger partial charge in [0.05, 0.1) is 0 Å². The normalized spacial score (nSPS) is 12.4. The Balaban J connectivity index is 1.79. The minimum atomic E-state index is -2.47. The molecular formula is C31H33GeNS. The van der Waals surface area contributed by atoms with Gasteiger partial charge in [-0.05, 0) is 0 Å². The van der Waals surface area contributed by atoms with Gasteiger partial charge in [-0.15, -0.1) is 0 Å². The van der Waals surface area contributed by atoms with E-state index in [0.29, 0.717) is 11.8 Å². The zero-order valence-electron chi connectivity index (χ0n) is 21.0. The van der Waals surface area contributed by atoms with Gasteiger partial charge in [-0.3, -0.25) is 0 Å². The monoisotopic (exact) mass is 525 g/mol. The van der Waals surface area contributed by atoms with Gasteiger partial charge in [0.25, 0.3) is 0 Å². The zero-order valence-corrected chi connectivity index (χ0v) is 23.9. The summed E-state index contributed by atoms with van der Waals surface area (Å²) in [5.41, 5.74) is 5.31. The maximum absolute atomic E-state index is 4.98. The van der Waals surface area contributed by atoms with E-state index in [4.69, 9.17) is 4.98 Å². The fraction of sp³-hybridized carbons (Fsp3) is 0.258. The second-order valence-corrected chi connectivity index (χ2v) is 21.3. The van der Waals surface area contributed by atoms with E-state index in [2.05, 4.69) is 112 Å². The van der Waals surface area contributed by atoms with Crippen LogP contribution in [-0.4, -0.2) is 18.3 Å². The topological polar surface area (TPSA) is 12.9 Å². The Morgan fingerprint density at radius 3 is 2.18 bits per heavy atom. The summed E-state index contributed by atoms with van der Waals surface area (Å²) >= 11 is -0.457. The Bertz CT molecular complexity index is 1480. The molecule has 5 rings (SSSR count). The van der Waals surface area contributed by atoms with E-state index in [1.54, 1.807) is 13.7 Å². The van der Waals surface area contributed by atoms with E-state index in [9.17, 15) is 0 Å². The van der Waals surface area contributed by atoms with Crippen molar-refractivity contribution in [3.05, 3.63) is 90.1 Å². The third-order valence-corrected chi connectivity index (χ3v) is 18.1. The first-order chi connectivity index (χ1) is 16.3. The first-order valence-corrected chi connectivity index (χ1v) is 19.4. The van der Waals surface area contributed by atoms with Crippen LogP contribution in [-0.2, 0) is 0 Å². The van der Waals surface area contributed by atoms with Gasteiger partial charge in [0.15, 0.2) is 0 Å². The Morgan fingerprint density at radius 2 is 1.47 bits per heavy atom. The summed E-state index contributed by atoms with van der Waals surface area (Å²) in [5.74, 6) is 6.04. The second-order valence-electron chi connectivity index (χ2n) is 10.5. The van der Waals surface area contributed by atoms with Crippen molar-refractivity contribution in [2.75, 3.05) is 0 Å². The van der Waals surface area contributed by atoms with Crippen molar-refractivity contribution in [2.45, 2.75) is 51.0 Å². The number of rotatable bonds is 5. The van der Waals surface area contributed by atoms with Crippen LogP contribution in [0.4, 0.5) is 0 Å². The molecule has 0 aliphatic heterocycles. The quantitative estimate of drug-likeness (QED) is 0.211. The summed E-state index contributed by atoms with van der Waals surface area (Å²) in [5, 5.41) is 4.04. The van der Waals surface area contributed by atoms with Crippen LogP contribution in [0.25, 0.3) is 32.1 Å². The molecule has 0 aliphatic carbocycles. The molecule has 3 aromatic carbocycles. The SMILES string of the molecule is CC(C)c1cc(-c2nccc3c(C(C)C)[c]([Ge]([CH3])([CH3])[c]4ccccc4)sc23)cc2ccccc12. The van der Waals surface area contributed by atoms with Gasteiger partial charge in [-0.2, -0.15) is 0 Å². The summed E-state index contributed by atoms with van der Waals surface area (Å²) in [6, 6.07) is 26.9. The summed E-state index contributed by atoms with van der Waals surface area (Å²) in [7, 11) is 0. The van der Waals surface area contributed by atoms with Crippen molar-refractivity contribution in [2.24, 2.45) is 0 Å². The summed E-state index contributed by atoms with van der Waals surface area (Å²) in [6.07, 6.45) is 2.02. The van der Waals surface area contributed by atoms with Crippen molar-refractivity contribution in [3.8, 4) is 11.3 Å². The predicted octanol–water partition coefficient (Wildman–Crippen LogP) is 8.19. The summed E-state index contributed by atoms with van der Waals surface area (Å²) in [6.45, 7) is 9.27. The standard InChI is InChI=1S/C31H33GeNS/c1-20(2)27-19-23(18-22-12-10-11-15-25(22)27)29-30-26(16-17-33-29)28(21(3)4)31(34-30)32(5,6)24-13-8-7-9-14-24/h7-21H,1-6H3. The van der Waals surface area contributed by atoms with Crippen LogP contribution in [0.1, 0.15) is 50.7 Å². The molecule has 0 atom stereocenters. The average Bonchev–Trinajstić information content (AvgIpc) is 3.25. The number of hydrogen-bond donors (Lipinski definition) is 0. The van der Waals surface area contributed by atoms with Crippen LogP contribution in [0.15, 0.2) is 79.0 Å². The van der Waals surface area contributed by atoms with Gasteiger partial charge >= 0.3 is 211 Å². The Labute approximate surface area is 210 Å². The summed E-state index contributed by atoms with van der Waals surface area (Å²) in [4.78, 5) is 4.98. The molecule has 0 amide bonds.